The second-order valence-electron chi connectivity index (χ2n) is 8.44. The molecule has 0 aromatic heterocycles. The van der Waals surface area contributed by atoms with Gasteiger partial charge in [0.25, 0.3) is 0 Å². The number of benzene rings is 4. The Bertz CT molecular complexity index is 1060. The molecule has 0 saturated heterocycles. The largest absolute Gasteiger partial charge is 0.391 e. The SMILES string of the molecule is O=Cc1ccc(COCCC(O)COC(c2ccccc2)(c2ccccc2)c2ccccc2)cc1. The van der Waals surface area contributed by atoms with Gasteiger partial charge in [-0.2, -0.15) is 0 Å². The molecule has 4 aromatic carbocycles. The second-order valence-corrected chi connectivity index (χ2v) is 8.44. The summed E-state index contributed by atoms with van der Waals surface area (Å²) < 4.78 is 12.4. The minimum absolute atomic E-state index is 0.149. The van der Waals surface area contributed by atoms with E-state index >= 15 is 0 Å². The van der Waals surface area contributed by atoms with Gasteiger partial charge in [-0.15, -0.1) is 0 Å². The second kappa shape index (κ2) is 12.2. The molecule has 0 aliphatic carbocycles. The van der Waals surface area contributed by atoms with Crippen LogP contribution in [0.1, 0.15) is 39.0 Å². The molecule has 35 heavy (non-hydrogen) atoms. The summed E-state index contributed by atoms with van der Waals surface area (Å²) in [7, 11) is 0. The molecule has 4 rings (SSSR count). The Kier molecular flexibility index (Phi) is 8.58. The zero-order valence-corrected chi connectivity index (χ0v) is 19.6. The van der Waals surface area contributed by atoms with Crippen molar-refractivity contribution in [2.24, 2.45) is 0 Å². The molecule has 0 aliphatic heterocycles. The number of hydrogen-bond acceptors (Lipinski definition) is 4. The Labute approximate surface area is 206 Å². The van der Waals surface area contributed by atoms with Gasteiger partial charge in [0.05, 0.1) is 19.3 Å². The van der Waals surface area contributed by atoms with E-state index in [0.717, 1.165) is 28.5 Å². The van der Waals surface area contributed by atoms with Crippen molar-refractivity contribution in [2.45, 2.75) is 24.7 Å². The normalized spacial score (nSPS) is 12.3. The summed E-state index contributed by atoms with van der Waals surface area (Å²) in [5.41, 5.74) is 3.77. The molecule has 0 radical (unpaired) electrons. The van der Waals surface area contributed by atoms with E-state index in [1.165, 1.54) is 0 Å². The Hall–Kier alpha value is -3.57. The predicted molar refractivity (Wildman–Crippen MR) is 137 cm³/mol. The van der Waals surface area contributed by atoms with E-state index in [4.69, 9.17) is 9.47 Å². The van der Waals surface area contributed by atoms with Crippen molar-refractivity contribution in [3.05, 3.63) is 143 Å². The van der Waals surface area contributed by atoms with E-state index < -0.39 is 11.7 Å². The fourth-order valence-electron chi connectivity index (χ4n) is 4.17. The van der Waals surface area contributed by atoms with E-state index in [9.17, 15) is 9.90 Å². The summed E-state index contributed by atoms with van der Waals surface area (Å²) in [6.45, 7) is 0.972. The van der Waals surface area contributed by atoms with Crippen molar-refractivity contribution < 1.29 is 19.4 Å². The van der Waals surface area contributed by atoms with Crippen LogP contribution in [0.3, 0.4) is 0 Å². The molecule has 0 saturated carbocycles. The maximum absolute atomic E-state index is 10.8. The van der Waals surface area contributed by atoms with E-state index in [1.807, 2.05) is 66.7 Å². The number of aliphatic hydroxyl groups excluding tert-OH is 1. The molecule has 1 unspecified atom stereocenters. The highest BCUT2D eigenvalue weighted by Gasteiger charge is 2.37. The van der Waals surface area contributed by atoms with Gasteiger partial charge in [0, 0.05) is 12.2 Å². The minimum Gasteiger partial charge on any atom is -0.391 e. The van der Waals surface area contributed by atoms with E-state index in [0.29, 0.717) is 25.2 Å². The Morgan fingerprint density at radius 3 is 1.66 bits per heavy atom. The quantitative estimate of drug-likeness (QED) is 0.163. The molecule has 0 fully saturated rings. The van der Waals surface area contributed by atoms with Crippen LogP contribution in [-0.4, -0.2) is 30.7 Å². The molecule has 0 amide bonds. The summed E-state index contributed by atoms with van der Waals surface area (Å²) in [6.07, 6.45) is 0.574. The smallest absolute Gasteiger partial charge is 0.150 e. The van der Waals surface area contributed by atoms with Crippen LogP contribution in [0.5, 0.6) is 0 Å². The molecule has 4 heteroatoms. The molecule has 0 aliphatic rings. The van der Waals surface area contributed by atoms with Crippen molar-refractivity contribution in [3.8, 4) is 0 Å². The van der Waals surface area contributed by atoms with Crippen molar-refractivity contribution in [1.82, 2.24) is 0 Å². The van der Waals surface area contributed by atoms with E-state index in [2.05, 4.69) is 36.4 Å². The maximum atomic E-state index is 10.8. The topological polar surface area (TPSA) is 55.8 Å². The van der Waals surface area contributed by atoms with Gasteiger partial charge < -0.3 is 14.6 Å². The number of aldehydes is 1. The van der Waals surface area contributed by atoms with Crippen LogP contribution in [0.4, 0.5) is 0 Å². The van der Waals surface area contributed by atoms with Crippen molar-refractivity contribution in [2.75, 3.05) is 13.2 Å². The molecule has 1 atom stereocenters. The number of rotatable bonds is 12. The first-order valence-corrected chi connectivity index (χ1v) is 11.8. The minimum atomic E-state index is -0.855. The van der Waals surface area contributed by atoms with Gasteiger partial charge in [0.1, 0.15) is 11.9 Å². The zero-order valence-electron chi connectivity index (χ0n) is 19.6. The lowest BCUT2D eigenvalue weighted by atomic mass is 9.80. The summed E-state index contributed by atoms with van der Waals surface area (Å²) >= 11 is 0. The van der Waals surface area contributed by atoms with E-state index in [1.54, 1.807) is 12.1 Å². The van der Waals surface area contributed by atoms with Crippen LogP contribution in [0.15, 0.2) is 115 Å². The lowest BCUT2D eigenvalue weighted by molar-refractivity contribution is -0.0474. The number of carbonyl (C=O) groups is 1. The van der Waals surface area contributed by atoms with Gasteiger partial charge >= 0.3 is 0 Å². The van der Waals surface area contributed by atoms with Crippen LogP contribution in [0, 0.1) is 0 Å². The zero-order chi connectivity index (χ0) is 24.3. The predicted octanol–water partition coefficient (Wildman–Crippen LogP) is 5.78. The maximum Gasteiger partial charge on any atom is 0.150 e. The molecule has 0 heterocycles. The fraction of sp³-hybridized carbons (Fsp3) is 0.194. The summed E-state index contributed by atoms with van der Waals surface area (Å²) in [4.78, 5) is 10.8. The Balaban J connectivity index is 1.47. The van der Waals surface area contributed by atoms with Crippen LogP contribution in [-0.2, 0) is 21.7 Å². The summed E-state index contributed by atoms with van der Waals surface area (Å²) in [5, 5.41) is 10.8. The molecule has 1 N–H and O–H groups in total. The highest BCUT2D eigenvalue weighted by Crippen LogP contribution is 2.40. The van der Waals surface area contributed by atoms with Gasteiger partial charge in [-0.3, -0.25) is 4.79 Å². The molecule has 178 valence electrons. The van der Waals surface area contributed by atoms with Gasteiger partial charge in [0.2, 0.25) is 0 Å². The lowest BCUT2D eigenvalue weighted by Gasteiger charge is -2.36. The van der Waals surface area contributed by atoms with Crippen LogP contribution >= 0.6 is 0 Å². The first-order chi connectivity index (χ1) is 17.2. The van der Waals surface area contributed by atoms with Crippen LogP contribution in [0.2, 0.25) is 0 Å². The van der Waals surface area contributed by atoms with Gasteiger partial charge in [-0.1, -0.05) is 115 Å². The van der Waals surface area contributed by atoms with Crippen LogP contribution < -0.4 is 0 Å². The summed E-state index contributed by atoms with van der Waals surface area (Å²) in [6, 6.07) is 37.6. The van der Waals surface area contributed by atoms with Crippen LogP contribution in [0.25, 0.3) is 0 Å². The first kappa shape index (κ1) is 24.6. The van der Waals surface area contributed by atoms with Gasteiger partial charge in [-0.25, -0.2) is 0 Å². The summed E-state index contributed by atoms with van der Waals surface area (Å²) in [5.74, 6) is 0. The lowest BCUT2D eigenvalue weighted by Crippen LogP contribution is -2.36. The number of carbonyl (C=O) groups excluding carboxylic acids is 1. The Morgan fingerprint density at radius 2 is 1.20 bits per heavy atom. The fourth-order valence-corrected chi connectivity index (χ4v) is 4.17. The average Bonchev–Trinajstić information content (AvgIpc) is 2.93. The van der Waals surface area contributed by atoms with Crippen molar-refractivity contribution in [3.63, 3.8) is 0 Å². The third kappa shape index (κ3) is 6.11. The number of aliphatic hydroxyl groups is 1. The van der Waals surface area contributed by atoms with Crippen molar-refractivity contribution in [1.29, 1.82) is 0 Å². The van der Waals surface area contributed by atoms with E-state index in [-0.39, 0.29) is 6.61 Å². The van der Waals surface area contributed by atoms with Crippen molar-refractivity contribution >= 4 is 6.29 Å². The third-order valence-corrected chi connectivity index (χ3v) is 6.01. The molecule has 0 bridgehead atoms. The molecular formula is C31H30O4. The monoisotopic (exact) mass is 466 g/mol. The molecule has 4 nitrogen and oxygen atoms in total. The molecule has 0 spiro atoms. The standard InChI is InChI=1S/C31H30O4/c32-22-25-16-18-26(19-17-25)23-34-21-20-30(33)24-35-31(27-10-4-1-5-11-27,28-12-6-2-7-13-28)29-14-8-3-9-15-29/h1-19,22,30,33H,20-21,23-24H2. The number of hydrogen-bond donors (Lipinski definition) is 1. The first-order valence-electron chi connectivity index (χ1n) is 11.8. The number of ether oxygens (including phenoxy) is 2. The highest BCUT2D eigenvalue weighted by molar-refractivity contribution is 5.74. The molecule has 4 aromatic rings. The van der Waals surface area contributed by atoms with Gasteiger partial charge in [-0.05, 0) is 28.7 Å². The molecular weight excluding hydrogens is 436 g/mol. The van der Waals surface area contributed by atoms with Gasteiger partial charge in [0.15, 0.2) is 0 Å². The third-order valence-electron chi connectivity index (χ3n) is 6.01. The Morgan fingerprint density at radius 1 is 0.714 bits per heavy atom. The highest BCUT2D eigenvalue weighted by atomic mass is 16.5. The average molecular weight is 467 g/mol.